The van der Waals surface area contributed by atoms with Crippen molar-refractivity contribution in [3.8, 4) is 5.75 Å². The number of nitrogens with zero attached hydrogens (tertiary/aromatic N) is 3. The zero-order valence-electron chi connectivity index (χ0n) is 17.2. The Labute approximate surface area is 185 Å². The minimum absolute atomic E-state index is 0.0453. The Balaban J connectivity index is 1.35. The number of halogens is 1. The molecular weight excluding hydrogens is 418 g/mol. The highest BCUT2D eigenvalue weighted by Crippen LogP contribution is 2.24. The van der Waals surface area contributed by atoms with E-state index >= 15 is 0 Å². The van der Waals surface area contributed by atoms with Crippen LogP contribution in [-0.4, -0.2) is 59.3 Å². The van der Waals surface area contributed by atoms with Crippen LogP contribution in [0, 0.1) is 0 Å². The normalized spacial score (nSPS) is 16.2. The van der Waals surface area contributed by atoms with Crippen molar-refractivity contribution in [2.75, 3.05) is 38.7 Å². The van der Waals surface area contributed by atoms with Crippen LogP contribution in [0.3, 0.4) is 0 Å². The molecule has 2 aromatic heterocycles. The quantitative estimate of drug-likeness (QED) is 0.584. The van der Waals surface area contributed by atoms with Crippen LogP contribution < -0.4 is 10.1 Å². The van der Waals surface area contributed by atoms with Crippen molar-refractivity contribution >= 4 is 23.3 Å². The Morgan fingerprint density at radius 2 is 2.23 bits per heavy atom. The van der Waals surface area contributed by atoms with E-state index in [1.807, 2.05) is 24.3 Å². The average Bonchev–Trinajstić information content (AvgIpc) is 3.29. The van der Waals surface area contributed by atoms with Crippen LogP contribution in [0.1, 0.15) is 27.8 Å². The molecule has 1 fully saturated rings. The number of nitrogens with one attached hydrogen (secondary N) is 2. The number of ether oxygens (including phenoxy) is 2. The summed E-state index contributed by atoms with van der Waals surface area (Å²) >= 11 is 6.11. The number of aromatic amines is 1. The van der Waals surface area contributed by atoms with Gasteiger partial charge in [-0.05, 0) is 30.3 Å². The molecule has 3 heterocycles. The smallest absolute Gasteiger partial charge is 0.254 e. The molecule has 4 rings (SSSR count). The first-order chi connectivity index (χ1) is 15.1. The first-order valence-electron chi connectivity index (χ1n) is 10.1. The molecule has 0 aliphatic carbocycles. The van der Waals surface area contributed by atoms with E-state index in [0.717, 1.165) is 11.4 Å². The summed E-state index contributed by atoms with van der Waals surface area (Å²) in [6, 6.07) is 12.8. The number of carbonyl (C=O) groups is 1. The highest BCUT2D eigenvalue weighted by molar-refractivity contribution is 6.32. The fraction of sp³-hybridized carbons (Fsp3) is 0.318. The maximum atomic E-state index is 12.9. The van der Waals surface area contributed by atoms with E-state index in [1.54, 1.807) is 36.3 Å². The van der Waals surface area contributed by atoms with Crippen LogP contribution in [0.2, 0.25) is 5.02 Å². The minimum Gasteiger partial charge on any atom is -0.492 e. The number of anilines is 1. The molecular formula is C22H24ClN5O3. The summed E-state index contributed by atoms with van der Waals surface area (Å²) in [6.07, 6.45) is 2.00. The molecule has 0 saturated carbocycles. The largest absolute Gasteiger partial charge is 0.492 e. The number of rotatable bonds is 7. The lowest BCUT2D eigenvalue weighted by Crippen LogP contribution is -2.42. The highest BCUT2D eigenvalue weighted by Gasteiger charge is 2.28. The molecule has 1 aliphatic heterocycles. The van der Waals surface area contributed by atoms with Crippen LogP contribution in [0.15, 0.2) is 48.7 Å². The molecule has 2 N–H and O–H groups in total. The van der Waals surface area contributed by atoms with Crippen LogP contribution >= 0.6 is 11.6 Å². The van der Waals surface area contributed by atoms with Gasteiger partial charge in [0.25, 0.3) is 5.91 Å². The number of amides is 1. The number of carbonyl (C=O) groups excluding carboxylic acids is 1. The van der Waals surface area contributed by atoms with Gasteiger partial charge in [-0.15, -0.1) is 0 Å². The van der Waals surface area contributed by atoms with Gasteiger partial charge in [-0.2, -0.15) is 5.10 Å². The lowest BCUT2D eigenvalue weighted by atomic mass is 10.1. The summed E-state index contributed by atoms with van der Waals surface area (Å²) in [5.41, 5.74) is 2.30. The second-order valence-electron chi connectivity index (χ2n) is 7.14. The fourth-order valence-corrected chi connectivity index (χ4v) is 3.59. The van der Waals surface area contributed by atoms with E-state index in [-0.39, 0.29) is 12.0 Å². The van der Waals surface area contributed by atoms with Gasteiger partial charge in [0.05, 0.1) is 30.5 Å². The van der Waals surface area contributed by atoms with Gasteiger partial charge in [0.1, 0.15) is 17.7 Å². The number of para-hydroxylation sites is 1. The maximum absolute atomic E-state index is 12.9. The van der Waals surface area contributed by atoms with Crippen LogP contribution in [0.5, 0.6) is 5.75 Å². The zero-order chi connectivity index (χ0) is 21.6. The Kier molecular flexibility index (Phi) is 6.69. The van der Waals surface area contributed by atoms with Crippen molar-refractivity contribution in [1.82, 2.24) is 20.1 Å². The second kappa shape index (κ2) is 9.80. The Bertz CT molecular complexity index is 1040. The molecule has 0 unspecified atom stereocenters. The number of pyridine rings is 1. The number of aromatic nitrogens is 3. The summed E-state index contributed by atoms with van der Waals surface area (Å²) in [5, 5.41) is 11.0. The topological polar surface area (TPSA) is 92.4 Å². The summed E-state index contributed by atoms with van der Waals surface area (Å²) in [6.45, 7) is 1.90. The summed E-state index contributed by atoms with van der Waals surface area (Å²) in [5.74, 6) is 1.27. The standard InChI is InChI=1S/C22H24ClN5O3/c1-24-21-12-15(6-8-25-21)22(29)28-9-11-31-20(14-28)18-13-16(26-27-18)7-10-30-19-5-3-2-4-17(19)23/h2-6,8,12-13,20H,7,9-11,14H2,1H3,(H,24,25)(H,26,27)/t20-/m0/s1. The van der Waals surface area contributed by atoms with Crippen LogP contribution in [0.4, 0.5) is 5.82 Å². The number of morpholine rings is 1. The lowest BCUT2D eigenvalue weighted by Gasteiger charge is -2.32. The van der Waals surface area contributed by atoms with Crippen molar-refractivity contribution in [2.24, 2.45) is 0 Å². The second-order valence-corrected chi connectivity index (χ2v) is 7.54. The van der Waals surface area contributed by atoms with Gasteiger partial charge in [0.15, 0.2) is 0 Å². The zero-order valence-corrected chi connectivity index (χ0v) is 17.9. The average molecular weight is 442 g/mol. The van der Waals surface area contributed by atoms with Crippen molar-refractivity contribution in [3.05, 3.63) is 70.6 Å². The summed E-state index contributed by atoms with van der Waals surface area (Å²) in [4.78, 5) is 18.9. The van der Waals surface area contributed by atoms with Gasteiger partial charge in [-0.3, -0.25) is 9.89 Å². The molecule has 1 atom stereocenters. The third kappa shape index (κ3) is 5.15. The molecule has 0 spiro atoms. The highest BCUT2D eigenvalue weighted by atomic mass is 35.5. The van der Waals surface area contributed by atoms with Gasteiger partial charge in [-0.25, -0.2) is 4.98 Å². The fourth-order valence-electron chi connectivity index (χ4n) is 3.40. The number of hydrogen-bond donors (Lipinski definition) is 2. The van der Waals surface area contributed by atoms with Crippen molar-refractivity contribution in [1.29, 1.82) is 0 Å². The molecule has 1 aromatic carbocycles. The monoisotopic (exact) mass is 441 g/mol. The first kappa shape index (κ1) is 21.1. The maximum Gasteiger partial charge on any atom is 0.254 e. The van der Waals surface area contributed by atoms with Gasteiger partial charge in [-0.1, -0.05) is 23.7 Å². The first-order valence-corrected chi connectivity index (χ1v) is 10.5. The SMILES string of the molecule is CNc1cc(C(=O)N2CCO[C@H](c3cc(CCOc4ccccc4Cl)[nH]n3)C2)ccn1. The third-order valence-electron chi connectivity index (χ3n) is 5.06. The molecule has 1 saturated heterocycles. The Morgan fingerprint density at radius 3 is 3.06 bits per heavy atom. The summed E-state index contributed by atoms with van der Waals surface area (Å²) in [7, 11) is 1.77. The van der Waals surface area contributed by atoms with Gasteiger partial charge < -0.3 is 19.7 Å². The van der Waals surface area contributed by atoms with E-state index in [4.69, 9.17) is 21.1 Å². The van der Waals surface area contributed by atoms with E-state index in [2.05, 4.69) is 20.5 Å². The van der Waals surface area contributed by atoms with E-state index in [0.29, 0.717) is 54.9 Å². The van der Waals surface area contributed by atoms with Crippen molar-refractivity contribution in [2.45, 2.75) is 12.5 Å². The third-order valence-corrected chi connectivity index (χ3v) is 5.38. The molecule has 8 nitrogen and oxygen atoms in total. The van der Waals surface area contributed by atoms with Gasteiger partial charge in [0, 0.05) is 37.5 Å². The van der Waals surface area contributed by atoms with Crippen molar-refractivity contribution in [3.63, 3.8) is 0 Å². The molecule has 9 heteroatoms. The molecule has 1 amide bonds. The lowest BCUT2D eigenvalue weighted by molar-refractivity contribution is -0.0247. The van der Waals surface area contributed by atoms with Crippen molar-refractivity contribution < 1.29 is 14.3 Å². The van der Waals surface area contributed by atoms with Gasteiger partial charge in [0.2, 0.25) is 0 Å². The van der Waals surface area contributed by atoms with E-state index < -0.39 is 0 Å². The molecule has 0 radical (unpaired) electrons. The molecule has 31 heavy (non-hydrogen) atoms. The van der Waals surface area contributed by atoms with Crippen LogP contribution in [0.25, 0.3) is 0 Å². The van der Waals surface area contributed by atoms with E-state index in [1.165, 1.54) is 0 Å². The van der Waals surface area contributed by atoms with Crippen LogP contribution in [-0.2, 0) is 11.2 Å². The molecule has 0 bridgehead atoms. The Morgan fingerprint density at radius 1 is 1.35 bits per heavy atom. The molecule has 162 valence electrons. The minimum atomic E-state index is -0.280. The predicted octanol–water partition coefficient (Wildman–Crippen LogP) is 3.34. The Hall–Kier alpha value is -3.10. The number of benzene rings is 1. The summed E-state index contributed by atoms with van der Waals surface area (Å²) < 4.78 is 11.6. The predicted molar refractivity (Wildman–Crippen MR) is 118 cm³/mol. The van der Waals surface area contributed by atoms with E-state index in [9.17, 15) is 4.79 Å². The molecule has 3 aromatic rings. The van der Waals surface area contributed by atoms with Gasteiger partial charge >= 0.3 is 0 Å². The number of hydrogen-bond acceptors (Lipinski definition) is 6. The number of H-pyrrole nitrogens is 1. The molecule has 1 aliphatic rings.